The minimum absolute atomic E-state index is 0.0996. The van der Waals surface area contributed by atoms with E-state index < -0.39 is 0 Å². The molecule has 1 aromatic rings. The molecule has 1 aliphatic carbocycles. The molecule has 88 valence electrons. The summed E-state index contributed by atoms with van der Waals surface area (Å²) in [7, 11) is 0. The average molecular weight is 229 g/mol. The van der Waals surface area contributed by atoms with E-state index in [0.29, 0.717) is 30.1 Å². The highest BCUT2D eigenvalue weighted by molar-refractivity contribution is 6.18. The fourth-order valence-electron chi connectivity index (χ4n) is 1.72. The van der Waals surface area contributed by atoms with Crippen LogP contribution in [-0.2, 0) is 17.9 Å². The third-order valence-electron chi connectivity index (χ3n) is 2.79. The van der Waals surface area contributed by atoms with Gasteiger partial charge in [0.05, 0.1) is 5.70 Å². The van der Waals surface area contributed by atoms with Crippen molar-refractivity contribution >= 4 is 5.78 Å². The van der Waals surface area contributed by atoms with E-state index in [1.807, 2.05) is 24.3 Å². The number of hydrogen-bond donors (Lipinski definition) is 3. The summed E-state index contributed by atoms with van der Waals surface area (Å²) in [6, 6.07) is 7.88. The first-order chi connectivity index (χ1) is 8.13. The number of ketones is 1. The van der Waals surface area contributed by atoms with E-state index >= 15 is 0 Å². The average Bonchev–Trinajstić information content (AvgIpc) is 2.38. The Morgan fingerprint density at radius 2 is 2.00 bits per heavy atom. The van der Waals surface area contributed by atoms with Crippen LogP contribution in [0.15, 0.2) is 47.8 Å². The lowest BCUT2D eigenvalue weighted by Gasteiger charge is -2.22. The van der Waals surface area contributed by atoms with E-state index in [1.165, 1.54) is 0 Å². The van der Waals surface area contributed by atoms with Crippen LogP contribution in [0, 0.1) is 0 Å². The summed E-state index contributed by atoms with van der Waals surface area (Å²) in [5.74, 6) is -0.0996. The predicted molar refractivity (Wildman–Crippen MR) is 66.5 cm³/mol. The molecule has 0 aromatic heterocycles. The molecule has 17 heavy (non-hydrogen) atoms. The number of nitrogens with two attached hydrogens (primary N) is 2. The van der Waals surface area contributed by atoms with Crippen LogP contribution in [0.25, 0.3) is 0 Å². The van der Waals surface area contributed by atoms with Gasteiger partial charge in [0, 0.05) is 18.7 Å². The summed E-state index contributed by atoms with van der Waals surface area (Å²) in [6.45, 7) is 4.63. The predicted octanol–water partition coefficient (Wildman–Crippen LogP) is 0.544. The molecule has 0 atom stereocenters. The van der Waals surface area contributed by atoms with Crippen molar-refractivity contribution in [3.05, 3.63) is 58.9 Å². The summed E-state index contributed by atoms with van der Waals surface area (Å²) in [4.78, 5) is 11.4. The van der Waals surface area contributed by atoms with Crippen LogP contribution in [0.4, 0.5) is 0 Å². The van der Waals surface area contributed by atoms with Gasteiger partial charge in [0.25, 0.3) is 0 Å². The molecule has 0 unspecified atom stereocenters. The van der Waals surface area contributed by atoms with Gasteiger partial charge in [0.15, 0.2) is 0 Å². The summed E-state index contributed by atoms with van der Waals surface area (Å²) in [5.41, 5.74) is 14.7. The zero-order chi connectivity index (χ0) is 12.4. The molecule has 0 heterocycles. The second-order valence-corrected chi connectivity index (χ2v) is 3.97. The standard InChI is InChI=1S/C13H15N3O/c1-8-11(15)12(13(8)17)16-7-10-4-2-3-9(5-10)6-14/h2-5,16H,1,6-7,14-15H2. The fourth-order valence-corrected chi connectivity index (χ4v) is 1.72. The van der Waals surface area contributed by atoms with E-state index in [9.17, 15) is 4.79 Å². The minimum atomic E-state index is -0.0996. The van der Waals surface area contributed by atoms with Crippen molar-refractivity contribution in [2.24, 2.45) is 11.5 Å². The molecule has 0 saturated carbocycles. The maximum atomic E-state index is 11.4. The van der Waals surface area contributed by atoms with Crippen LogP contribution in [0.1, 0.15) is 11.1 Å². The van der Waals surface area contributed by atoms with Crippen molar-refractivity contribution < 1.29 is 4.79 Å². The topological polar surface area (TPSA) is 81.1 Å². The van der Waals surface area contributed by atoms with Crippen molar-refractivity contribution in [3.63, 3.8) is 0 Å². The first kappa shape index (κ1) is 11.4. The van der Waals surface area contributed by atoms with Crippen molar-refractivity contribution in [1.29, 1.82) is 0 Å². The van der Waals surface area contributed by atoms with Crippen LogP contribution in [0.3, 0.4) is 0 Å². The second-order valence-electron chi connectivity index (χ2n) is 3.97. The molecule has 0 amide bonds. The SMILES string of the molecule is C=C1C(=O)C(NCc2cccc(CN)c2)=C1N. The summed E-state index contributed by atoms with van der Waals surface area (Å²) >= 11 is 0. The Balaban J connectivity index is 2.04. The van der Waals surface area contributed by atoms with Crippen molar-refractivity contribution in [2.75, 3.05) is 0 Å². The lowest BCUT2D eigenvalue weighted by Crippen LogP contribution is -2.35. The maximum Gasteiger partial charge on any atom is 0.212 e. The molecule has 5 N–H and O–H groups in total. The number of benzene rings is 1. The number of carbonyl (C=O) groups is 1. The number of Topliss-reactive ketones (excluding diaryl/α,β-unsaturated/α-hetero) is 1. The molecular formula is C13H15N3O. The molecule has 0 spiro atoms. The Hall–Kier alpha value is -2.07. The lowest BCUT2D eigenvalue weighted by atomic mass is 9.93. The Kier molecular flexibility index (Phi) is 2.97. The molecule has 0 bridgehead atoms. The van der Waals surface area contributed by atoms with E-state index in [4.69, 9.17) is 11.5 Å². The fraction of sp³-hybridized carbons (Fsp3) is 0.154. The highest BCUT2D eigenvalue weighted by Crippen LogP contribution is 2.22. The monoisotopic (exact) mass is 229 g/mol. The van der Waals surface area contributed by atoms with Gasteiger partial charge in [-0.25, -0.2) is 0 Å². The minimum Gasteiger partial charge on any atom is -0.396 e. The molecule has 4 heteroatoms. The highest BCUT2D eigenvalue weighted by atomic mass is 16.1. The zero-order valence-electron chi connectivity index (χ0n) is 9.49. The van der Waals surface area contributed by atoms with E-state index in [2.05, 4.69) is 11.9 Å². The molecule has 1 aliphatic rings. The summed E-state index contributed by atoms with van der Waals surface area (Å²) in [6.07, 6.45) is 0. The van der Waals surface area contributed by atoms with Crippen LogP contribution in [0.2, 0.25) is 0 Å². The number of nitrogens with one attached hydrogen (secondary N) is 1. The lowest BCUT2D eigenvalue weighted by molar-refractivity contribution is -0.113. The van der Waals surface area contributed by atoms with Gasteiger partial charge in [-0.05, 0) is 11.1 Å². The Morgan fingerprint density at radius 3 is 2.65 bits per heavy atom. The van der Waals surface area contributed by atoms with E-state index in [1.54, 1.807) is 0 Å². The first-order valence-corrected chi connectivity index (χ1v) is 5.39. The van der Waals surface area contributed by atoms with Gasteiger partial charge in [-0.1, -0.05) is 30.8 Å². The second kappa shape index (κ2) is 4.43. The molecule has 2 rings (SSSR count). The van der Waals surface area contributed by atoms with Gasteiger partial charge in [0.2, 0.25) is 5.78 Å². The first-order valence-electron chi connectivity index (χ1n) is 5.39. The molecule has 0 fully saturated rings. The van der Waals surface area contributed by atoms with Crippen molar-refractivity contribution in [1.82, 2.24) is 5.32 Å². The Labute approximate surface area is 100.0 Å². The summed E-state index contributed by atoms with van der Waals surface area (Å²) < 4.78 is 0. The van der Waals surface area contributed by atoms with Gasteiger partial charge >= 0.3 is 0 Å². The van der Waals surface area contributed by atoms with E-state index in [-0.39, 0.29) is 5.78 Å². The molecule has 0 radical (unpaired) electrons. The smallest absolute Gasteiger partial charge is 0.212 e. The third-order valence-corrected chi connectivity index (χ3v) is 2.79. The zero-order valence-corrected chi connectivity index (χ0v) is 9.49. The molecule has 0 saturated heterocycles. The Bertz CT molecular complexity index is 517. The van der Waals surface area contributed by atoms with Crippen molar-refractivity contribution in [2.45, 2.75) is 13.1 Å². The highest BCUT2D eigenvalue weighted by Gasteiger charge is 2.29. The molecule has 4 nitrogen and oxygen atoms in total. The third kappa shape index (κ3) is 2.07. The van der Waals surface area contributed by atoms with Crippen LogP contribution < -0.4 is 16.8 Å². The number of rotatable bonds is 4. The Morgan fingerprint density at radius 1 is 1.29 bits per heavy atom. The van der Waals surface area contributed by atoms with Gasteiger partial charge in [-0.15, -0.1) is 0 Å². The van der Waals surface area contributed by atoms with Gasteiger partial charge in [-0.3, -0.25) is 4.79 Å². The van der Waals surface area contributed by atoms with Crippen LogP contribution >= 0.6 is 0 Å². The molecular weight excluding hydrogens is 214 g/mol. The molecule has 1 aromatic carbocycles. The number of allylic oxidation sites excluding steroid dienone is 2. The van der Waals surface area contributed by atoms with E-state index in [0.717, 1.165) is 11.1 Å². The largest absolute Gasteiger partial charge is 0.396 e. The maximum absolute atomic E-state index is 11.4. The molecule has 0 aliphatic heterocycles. The quantitative estimate of drug-likeness (QED) is 0.658. The van der Waals surface area contributed by atoms with Gasteiger partial charge < -0.3 is 16.8 Å². The normalized spacial score (nSPS) is 14.9. The van der Waals surface area contributed by atoms with Gasteiger partial charge in [0.1, 0.15) is 5.70 Å². The van der Waals surface area contributed by atoms with Crippen molar-refractivity contribution in [3.8, 4) is 0 Å². The van der Waals surface area contributed by atoms with Crippen LogP contribution in [-0.4, -0.2) is 5.78 Å². The number of hydrogen-bond acceptors (Lipinski definition) is 4. The van der Waals surface area contributed by atoms with Gasteiger partial charge in [-0.2, -0.15) is 0 Å². The number of carbonyl (C=O) groups excluding carboxylic acids is 1. The van der Waals surface area contributed by atoms with Crippen LogP contribution in [0.5, 0.6) is 0 Å². The summed E-state index contributed by atoms with van der Waals surface area (Å²) in [5, 5.41) is 3.02.